The Hall–Kier alpha value is -4.10. The summed E-state index contributed by atoms with van der Waals surface area (Å²) < 4.78 is 14.9. The van der Waals surface area contributed by atoms with Gasteiger partial charge in [0.1, 0.15) is 11.6 Å². The molecule has 0 aliphatic heterocycles. The lowest BCUT2D eigenvalue weighted by Gasteiger charge is -2.17. The molecule has 0 fully saturated rings. The zero-order valence-corrected chi connectivity index (χ0v) is 17.1. The molecule has 1 atom stereocenters. The molecule has 0 aliphatic rings. The third-order valence-electron chi connectivity index (χ3n) is 5.15. The average Bonchev–Trinajstić information content (AvgIpc) is 2.83. The van der Waals surface area contributed by atoms with Crippen LogP contribution in [0.4, 0.5) is 10.2 Å². The number of nitrogen functional groups attached to an aromatic ring is 1. The highest BCUT2D eigenvalue weighted by Gasteiger charge is 2.19. The first-order valence-electron chi connectivity index (χ1n) is 9.99. The van der Waals surface area contributed by atoms with Gasteiger partial charge in [-0.25, -0.2) is 9.37 Å². The van der Waals surface area contributed by atoms with Crippen LogP contribution in [0.25, 0.3) is 22.3 Å². The fraction of sp³-hybridized carbons (Fsp3) is 0.0800. The van der Waals surface area contributed by atoms with Crippen LogP contribution in [0.15, 0.2) is 85.3 Å². The number of aliphatic hydroxyl groups is 1. The summed E-state index contributed by atoms with van der Waals surface area (Å²) in [5, 5.41) is 12.3. The van der Waals surface area contributed by atoms with Crippen molar-refractivity contribution in [1.29, 1.82) is 0 Å². The molecule has 2 aromatic carbocycles. The predicted molar refractivity (Wildman–Crippen MR) is 121 cm³/mol. The Morgan fingerprint density at radius 1 is 1.00 bits per heavy atom. The Balaban J connectivity index is 1.60. The van der Waals surface area contributed by atoms with Crippen LogP contribution in [0.1, 0.15) is 22.0 Å². The molecule has 4 N–H and O–H groups in total. The fourth-order valence-electron chi connectivity index (χ4n) is 3.43. The quantitative estimate of drug-likeness (QED) is 0.431. The number of benzene rings is 2. The molecule has 2 heterocycles. The van der Waals surface area contributed by atoms with E-state index < -0.39 is 17.8 Å². The molecular formula is C25H21FN4O2. The van der Waals surface area contributed by atoms with Gasteiger partial charge in [0.25, 0.3) is 5.91 Å². The number of hydrogen-bond acceptors (Lipinski definition) is 5. The van der Waals surface area contributed by atoms with Crippen LogP contribution in [0, 0.1) is 5.82 Å². The smallest absolute Gasteiger partial charge is 0.254 e. The molecule has 0 saturated carbocycles. The highest BCUT2D eigenvalue weighted by molar-refractivity contribution is 5.95. The maximum atomic E-state index is 14.9. The van der Waals surface area contributed by atoms with Crippen LogP contribution in [-0.2, 0) is 0 Å². The summed E-state index contributed by atoms with van der Waals surface area (Å²) in [6.07, 6.45) is 4.99. The summed E-state index contributed by atoms with van der Waals surface area (Å²) in [6.45, 7) is -0.306. The number of carbonyl (C=O) groups excluding carboxylic acids is 1. The van der Waals surface area contributed by atoms with E-state index in [0.717, 1.165) is 16.7 Å². The molecule has 32 heavy (non-hydrogen) atoms. The van der Waals surface area contributed by atoms with Gasteiger partial charge in [-0.15, -0.1) is 0 Å². The molecule has 0 aliphatic carbocycles. The second kappa shape index (κ2) is 9.36. The van der Waals surface area contributed by atoms with Gasteiger partial charge in [0, 0.05) is 29.7 Å². The van der Waals surface area contributed by atoms with Crippen molar-refractivity contribution in [2.75, 3.05) is 12.3 Å². The minimum Gasteiger partial charge on any atom is -0.394 e. The number of anilines is 1. The molecule has 2 aromatic heterocycles. The number of aromatic nitrogens is 2. The van der Waals surface area contributed by atoms with Gasteiger partial charge in [0.05, 0.1) is 18.2 Å². The van der Waals surface area contributed by atoms with Crippen molar-refractivity contribution >= 4 is 11.7 Å². The molecular weight excluding hydrogens is 407 g/mol. The van der Waals surface area contributed by atoms with Gasteiger partial charge in [-0.3, -0.25) is 9.78 Å². The van der Waals surface area contributed by atoms with Gasteiger partial charge >= 0.3 is 0 Å². The highest BCUT2D eigenvalue weighted by atomic mass is 19.1. The topological polar surface area (TPSA) is 101 Å². The molecule has 1 unspecified atom stereocenters. The van der Waals surface area contributed by atoms with Crippen LogP contribution < -0.4 is 11.1 Å². The van der Waals surface area contributed by atoms with Crippen molar-refractivity contribution in [3.63, 3.8) is 0 Å². The predicted octanol–water partition coefficient (Wildman–Crippen LogP) is 4.00. The Bertz CT molecular complexity index is 1230. The van der Waals surface area contributed by atoms with E-state index in [1.807, 2.05) is 24.3 Å². The number of halogens is 1. The van der Waals surface area contributed by atoms with Crippen molar-refractivity contribution in [1.82, 2.24) is 15.3 Å². The molecule has 0 radical (unpaired) electrons. The SMILES string of the molecule is Nc1ncc(-c2ccncc2)cc1-c1ccc(C(=O)NC(CO)c2ccccc2)c(F)c1. The number of aliphatic hydroxyl groups excluding tert-OH is 1. The zero-order chi connectivity index (χ0) is 22.5. The number of hydrogen-bond donors (Lipinski definition) is 3. The summed E-state index contributed by atoms with van der Waals surface area (Å²) in [5.41, 5.74) is 9.42. The van der Waals surface area contributed by atoms with Gasteiger partial charge < -0.3 is 16.2 Å². The van der Waals surface area contributed by atoms with Crippen molar-refractivity contribution < 1.29 is 14.3 Å². The summed E-state index contributed by atoms with van der Waals surface area (Å²) in [5.74, 6) is -1.06. The molecule has 6 nitrogen and oxygen atoms in total. The zero-order valence-electron chi connectivity index (χ0n) is 17.1. The van der Waals surface area contributed by atoms with Crippen molar-refractivity contribution in [2.45, 2.75) is 6.04 Å². The molecule has 0 bridgehead atoms. The summed E-state index contributed by atoms with van der Waals surface area (Å²) >= 11 is 0. The third-order valence-corrected chi connectivity index (χ3v) is 5.15. The van der Waals surface area contributed by atoms with Crippen LogP contribution in [-0.4, -0.2) is 27.6 Å². The van der Waals surface area contributed by atoms with Crippen molar-refractivity contribution in [3.8, 4) is 22.3 Å². The standard InChI is InChI=1S/C25H21FN4O2/c26-22-13-18(21-12-19(14-29-24(21)27)16-8-10-28-11-9-16)6-7-20(22)25(32)30-23(15-31)17-4-2-1-3-5-17/h1-14,23,31H,15H2,(H2,27,29)(H,30,32). The maximum absolute atomic E-state index is 14.9. The Kier molecular flexibility index (Phi) is 6.19. The Morgan fingerprint density at radius 3 is 2.44 bits per heavy atom. The minimum atomic E-state index is -0.696. The van der Waals surface area contributed by atoms with E-state index in [-0.39, 0.29) is 18.0 Å². The molecule has 1 amide bonds. The van der Waals surface area contributed by atoms with Crippen LogP contribution in [0.2, 0.25) is 0 Å². The van der Waals surface area contributed by atoms with E-state index in [9.17, 15) is 14.3 Å². The van der Waals surface area contributed by atoms with E-state index in [1.165, 1.54) is 12.1 Å². The van der Waals surface area contributed by atoms with E-state index in [0.29, 0.717) is 11.1 Å². The van der Waals surface area contributed by atoms with Crippen LogP contribution >= 0.6 is 0 Å². The summed E-state index contributed by atoms with van der Waals surface area (Å²) in [6, 6.07) is 18.2. The van der Waals surface area contributed by atoms with Gasteiger partial charge in [-0.1, -0.05) is 36.4 Å². The van der Waals surface area contributed by atoms with E-state index in [2.05, 4.69) is 15.3 Å². The van der Waals surface area contributed by atoms with Crippen molar-refractivity contribution in [2.24, 2.45) is 0 Å². The van der Waals surface area contributed by atoms with Crippen molar-refractivity contribution in [3.05, 3.63) is 102 Å². The molecule has 7 heteroatoms. The average molecular weight is 428 g/mol. The maximum Gasteiger partial charge on any atom is 0.254 e. The Morgan fingerprint density at radius 2 is 1.75 bits per heavy atom. The van der Waals surface area contributed by atoms with Crippen LogP contribution in [0.3, 0.4) is 0 Å². The molecule has 0 spiro atoms. The number of nitrogens with one attached hydrogen (secondary N) is 1. The van der Waals surface area contributed by atoms with Crippen LogP contribution in [0.5, 0.6) is 0 Å². The molecule has 0 saturated heterocycles. The summed E-state index contributed by atoms with van der Waals surface area (Å²) in [4.78, 5) is 20.9. The number of nitrogens with zero attached hydrogens (tertiary/aromatic N) is 2. The molecule has 160 valence electrons. The lowest BCUT2D eigenvalue weighted by Crippen LogP contribution is -2.31. The first-order chi connectivity index (χ1) is 15.6. The second-order valence-electron chi connectivity index (χ2n) is 7.21. The van der Waals surface area contributed by atoms with E-state index in [4.69, 9.17) is 5.73 Å². The molecule has 4 rings (SSSR count). The molecule has 4 aromatic rings. The lowest BCUT2D eigenvalue weighted by atomic mass is 10.00. The second-order valence-corrected chi connectivity index (χ2v) is 7.21. The minimum absolute atomic E-state index is 0.125. The first kappa shape index (κ1) is 21.1. The number of pyridine rings is 2. The lowest BCUT2D eigenvalue weighted by molar-refractivity contribution is 0.0912. The van der Waals surface area contributed by atoms with E-state index >= 15 is 0 Å². The van der Waals surface area contributed by atoms with Gasteiger partial charge in [-0.05, 0) is 47.0 Å². The van der Waals surface area contributed by atoms with E-state index in [1.54, 1.807) is 48.9 Å². The largest absolute Gasteiger partial charge is 0.394 e. The number of nitrogens with two attached hydrogens (primary N) is 1. The monoisotopic (exact) mass is 428 g/mol. The van der Waals surface area contributed by atoms with Gasteiger partial charge in [0.2, 0.25) is 0 Å². The number of amides is 1. The normalized spacial score (nSPS) is 11.7. The van der Waals surface area contributed by atoms with Gasteiger partial charge in [0.15, 0.2) is 0 Å². The summed E-state index contributed by atoms with van der Waals surface area (Å²) in [7, 11) is 0. The third kappa shape index (κ3) is 4.48. The fourth-order valence-corrected chi connectivity index (χ4v) is 3.43. The first-order valence-corrected chi connectivity index (χ1v) is 9.99. The number of rotatable bonds is 6. The van der Waals surface area contributed by atoms with Gasteiger partial charge in [-0.2, -0.15) is 0 Å². The Labute approximate surface area is 184 Å². The number of carbonyl (C=O) groups is 1. The highest BCUT2D eigenvalue weighted by Crippen LogP contribution is 2.30.